The number of hydrogen-bond acceptors (Lipinski definition) is 2. The van der Waals surface area contributed by atoms with Crippen molar-refractivity contribution < 1.29 is 0 Å². The fourth-order valence-electron chi connectivity index (χ4n) is 2.26. The first kappa shape index (κ1) is 12.5. The summed E-state index contributed by atoms with van der Waals surface area (Å²) in [6.07, 6.45) is 3.38. The molecule has 0 saturated carbocycles. The molecule has 17 heavy (non-hydrogen) atoms. The van der Waals surface area contributed by atoms with Gasteiger partial charge in [-0.2, -0.15) is 12.6 Å². The number of rotatable bonds is 5. The van der Waals surface area contributed by atoms with Crippen LogP contribution in [0, 0.1) is 0 Å². The number of para-hydroxylation sites is 1. The van der Waals surface area contributed by atoms with Crippen molar-refractivity contribution in [1.82, 2.24) is 9.47 Å². The van der Waals surface area contributed by atoms with Gasteiger partial charge in [0.15, 0.2) is 0 Å². The zero-order valence-corrected chi connectivity index (χ0v) is 11.5. The average molecular weight is 248 g/mol. The molecule has 0 N–H and O–H groups in total. The standard InChI is InChI=1S/C14H20N2S/c1-15(8-5-9-17)10-12-11-16(2)14-7-4-3-6-13(12)14/h3-4,6-7,11,17H,5,8-10H2,1-2H3. The second-order valence-electron chi connectivity index (χ2n) is 4.60. The lowest BCUT2D eigenvalue weighted by Crippen LogP contribution is -2.19. The molecule has 1 aromatic heterocycles. The predicted octanol–water partition coefficient (Wildman–Crippen LogP) is 2.93. The van der Waals surface area contributed by atoms with Gasteiger partial charge < -0.3 is 9.47 Å². The highest BCUT2D eigenvalue weighted by Gasteiger charge is 2.07. The van der Waals surface area contributed by atoms with E-state index in [9.17, 15) is 0 Å². The van der Waals surface area contributed by atoms with Gasteiger partial charge in [0.2, 0.25) is 0 Å². The Bertz CT molecular complexity index is 490. The highest BCUT2D eigenvalue weighted by atomic mass is 32.1. The van der Waals surface area contributed by atoms with Crippen molar-refractivity contribution in [3.63, 3.8) is 0 Å². The summed E-state index contributed by atoms with van der Waals surface area (Å²) in [6.45, 7) is 2.11. The minimum Gasteiger partial charge on any atom is -0.350 e. The molecule has 0 radical (unpaired) electrons. The van der Waals surface area contributed by atoms with Gasteiger partial charge >= 0.3 is 0 Å². The molecule has 0 aliphatic carbocycles. The summed E-state index contributed by atoms with van der Waals surface area (Å²) < 4.78 is 2.21. The normalized spacial score (nSPS) is 11.5. The zero-order valence-electron chi connectivity index (χ0n) is 10.6. The zero-order chi connectivity index (χ0) is 12.3. The van der Waals surface area contributed by atoms with Crippen LogP contribution in [0.2, 0.25) is 0 Å². The first-order chi connectivity index (χ1) is 8.22. The van der Waals surface area contributed by atoms with E-state index in [1.165, 1.54) is 16.5 Å². The third-order valence-corrected chi connectivity index (χ3v) is 3.43. The Labute approximate surface area is 109 Å². The van der Waals surface area contributed by atoms with E-state index in [4.69, 9.17) is 0 Å². The fourth-order valence-corrected chi connectivity index (χ4v) is 2.40. The summed E-state index contributed by atoms with van der Waals surface area (Å²) in [5, 5.41) is 1.37. The van der Waals surface area contributed by atoms with Gasteiger partial charge in [-0.1, -0.05) is 18.2 Å². The summed E-state index contributed by atoms with van der Waals surface area (Å²) >= 11 is 4.25. The molecular formula is C14H20N2S. The maximum absolute atomic E-state index is 4.25. The molecule has 0 saturated heterocycles. The Morgan fingerprint density at radius 3 is 2.82 bits per heavy atom. The highest BCUT2D eigenvalue weighted by molar-refractivity contribution is 7.80. The summed E-state index contributed by atoms with van der Waals surface area (Å²) in [6, 6.07) is 8.58. The topological polar surface area (TPSA) is 8.17 Å². The minimum atomic E-state index is 0.958. The number of nitrogens with zero attached hydrogens (tertiary/aromatic N) is 2. The van der Waals surface area contributed by atoms with Gasteiger partial charge in [0, 0.05) is 30.7 Å². The minimum absolute atomic E-state index is 0.958. The molecule has 0 unspecified atom stereocenters. The van der Waals surface area contributed by atoms with Gasteiger partial charge in [-0.15, -0.1) is 0 Å². The molecule has 1 heterocycles. The lowest BCUT2D eigenvalue weighted by Gasteiger charge is -2.15. The molecule has 0 amide bonds. The Hall–Kier alpha value is -0.930. The van der Waals surface area contributed by atoms with Crippen LogP contribution in [-0.2, 0) is 13.6 Å². The summed E-state index contributed by atoms with van der Waals surface area (Å²) in [5.41, 5.74) is 2.72. The van der Waals surface area contributed by atoms with E-state index in [-0.39, 0.29) is 0 Å². The molecule has 0 aliphatic heterocycles. The Morgan fingerprint density at radius 2 is 2.06 bits per heavy atom. The predicted molar refractivity (Wildman–Crippen MR) is 77.7 cm³/mol. The van der Waals surface area contributed by atoms with Gasteiger partial charge in [0.1, 0.15) is 0 Å². The van der Waals surface area contributed by atoms with Crippen LogP contribution < -0.4 is 0 Å². The molecule has 3 heteroatoms. The number of fused-ring (bicyclic) bond motifs is 1. The van der Waals surface area contributed by atoms with Crippen LogP contribution in [0.1, 0.15) is 12.0 Å². The van der Waals surface area contributed by atoms with Crippen molar-refractivity contribution >= 4 is 23.5 Å². The molecular weight excluding hydrogens is 228 g/mol. The molecule has 0 spiro atoms. The van der Waals surface area contributed by atoms with Crippen LogP contribution in [0.4, 0.5) is 0 Å². The van der Waals surface area contributed by atoms with E-state index >= 15 is 0 Å². The van der Waals surface area contributed by atoms with Gasteiger partial charge in [0.05, 0.1) is 0 Å². The van der Waals surface area contributed by atoms with Crippen LogP contribution in [0.15, 0.2) is 30.5 Å². The Balaban J connectivity index is 2.18. The van der Waals surface area contributed by atoms with Gasteiger partial charge in [-0.3, -0.25) is 0 Å². The smallest absolute Gasteiger partial charge is 0.0481 e. The third kappa shape index (κ3) is 2.85. The highest BCUT2D eigenvalue weighted by Crippen LogP contribution is 2.21. The summed E-state index contributed by atoms with van der Waals surface area (Å²) in [5.74, 6) is 0.958. The molecule has 2 nitrogen and oxygen atoms in total. The van der Waals surface area contributed by atoms with Crippen LogP contribution in [-0.4, -0.2) is 28.8 Å². The Morgan fingerprint density at radius 1 is 1.29 bits per heavy atom. The molecule has 1 aromatic carbocycles. The number of aromatic nitrogens is 1. The molecule has 2 aromatic rings. The van der Waals surface area contributed by atoms with E-state index < -0.39 is 0 Å². The monoisotopic (exact) mass is 248 g/mol. The van der Waals surface area contributed by atoms with Gasteiger partial charge in [0.25, 0.3) is 0 Å². The second kappa shape index (κ2) is 5.61. The van der Waals surface area contributed by atoms with Gasteiger partial charge in [-0.05, 0) is 37.4 Å². The Kier molecular flexibility index (Phi) is 4.13. The van der Waals surface area contributed by atoms with Gasteiger partial charge in [-0.25, -0.2) is 0 Å². The maximum Gasteiger partial charge on any atom is 0.0481 e. The lowest BCUT2D eigenvalue weighted by molar-refractivity contribution is 0.329. The van der Waals surface area contributed by atoms with E-state index in [0.29, 0.717) is 0 Å². The molecule has 0 bridgehead atoms. The summed E-state index contributed by atoms with van der Waals surface area (Å²) in [4.78, 5) is 2.36. The van der Waals surface area contributed by atoms with Crippen LogP contribution in [0.5, 0.6) is 0 Å². The molecule has 0 fully saturated rings. The first-order valence-electron chi connectivity index (χ1n) is 6.04. The first-order valence-corrected chi connectivity index (χ1v) is 6.68. The van der Waals surface area contributed by atoms with Crippen LogP contribution >= 0.6 is 12.6 Å². The van der Waals surface area contributed by atoms with E-state index in [0.717, 1.165) is 25.3 Å². The maximum atomic E-state index is 4.25. The van der Waals surface area contributed by atoms with Crippen molar-refractivity contribution in [3.8, 4) is 0 Å². The van der Waals surface area contributed by atoms with Crippen molar-refractivity contribution in [2.45, 2.75) is 13.0 Å². The number of aryl methyl sites for hydroxylation is 1. The number of thiol groups is 1. The summed E-state index contributed by atoms with van der Waals surface area (Å²) in [7, 11) is 4.28. The van der Waals surface area contributed by atoms with Crippen molar-refractivity contribution in [2.75, 3.05) is 19.3 Å². The molecule has 0 aliphatic rings. The number of hydrogen-bond donors (Lipinski definition) is 1. The van der Waals surface area contributed by atoms with Crippen molar-refractivity contribution in [1.29, 1.82) is 0 Å². The quantitative estimate of drug-likeness (QED) is 0.800. The lowest BCUT2D eigenvalue weighted by atomic mass is 10.1. The molecule has 0 atom stereocenters. The van der Waals surface area contributed by atoms with E-state index in [1.54, 1.807) is 0 Å². The SMILES string of the molecule is CN(CCCS)Cc1cn(C)c2ccccc12. The largest absolute Gasteiger partial charge is 0.350 e. The van der Waals surface area contributed by atoms with Crippen LogP contribution in [0.25, 0.3) is 10.9 Å². The number of benzene rings is 1. The third-order valence-electron chi connectivity index (χ3n) is 3.12. The van der Waals surface area contributed by atoms with Crippen molar-refractivity contribution in [2.24, 2.45) is 7.05 Å². The van der Waals surface area contributed by atoms with Crippen LogP contribution in [0.3, 0.4) is 0 Å². The fraction of sp³-hybridized carbons (Fsp3) is 0.429. The second-order valence-corrected chi connectivity index (χ2v) is 5.04. The van der Waals surface area contributed by atoms with E-state index in [1.807, 2.05) is 0 Å². The van der Waals surface area contributed by atoms with Crippen molar-refractivity contribution in [3.05, 3.63) is 36.0 Å². The molecule has 2 rings (SSSR count). The van der Waals surface area contributed by atoms with E-state index in [2.05, 4.69) is 66.7 Å². The molecule has 92 valence electrons. The average Bonchev–Trinajstić information content (AvgIpc) is 2.65.